The van der Waals surface area contributed by atoms with Crippen LogP contribution in [0.4, 0.5) is 13.2 Å². The Morgan fingerprint density at radius 3 is 2.41 bits per heavy atom. The normalized spacial score (nSPS) is 11.6. The second-order valence-electron chi connectivity index (χ2n) is 7.14. The minimum Gasteiger partial charge on any atom is -0.466 e. The lowest BCUT2D eigenvalue weighted by Gasteiger charge is -2.26. The Morgan fingerprint density at radius 2 is 1.86 bits per heavy atom. The van der Waals surface area contributed by atoms with E-state index in [1.165, 1.54) is 12.1 Å². The summed E-state index contributed by atoms with van der Waals surface area (Å²) in [5.74, 6) is 0.585. The lowest BCUT2D eigenvalue weighted by Crippen LogP contribution is -2.39. The number of carbonyl (C=O) groups is 2. The van der Waals surface area contributed by atoms with E-state index >= 15 is 0 Å². The van der Waals surface area contributed by atoms with Crippen molar-refractivity contribution in [2.75, 3.05) is 6.54 Å². The SMILES string of the molecule is Cc1cc(C(=O)N(CCC(=O)NCc2cccc(C(F)(F)F)c2)C(C)C)c(C)o1. The molecule has 0 aliphatic heterocycles. The van der Waals surface area contributed by atoms with E-state index < -0.39 is 11.7 Å². The van der Waals surface area contributed by atoms with Crippen molar-refractivity contribution in [2.45, 2.75) is 52.9 Å². The van der Waals surface area contributed by atoms with Crippen LogP contribution in [0.25, 0.3) is 0 Å². The molecule has 0 aliphatic rings. The molecule has 0 unspecified atom stereocenters. The molecule has 0 radical (unpaired) electrons. The third kappa shape index (κ3) is 6.10. The zero-order valence-corrected chi connectivity index (χ0v) is 16.9. The van der Waals surface area contributed by atoms with Gasteiger partial charge in [-0.05, 0) is 51.5 Å². The molecule has 0 bridgehead atoms. The van der Waals surface area contributed by atoms with Gasteiger partial charge in [0, 0.05) is 25.6 Å². The van der Waals surface area contributed by atoms with Gasteiger partial charge in [0.15, 0.2) is 0 Å². The molecule has 158 valence electrons. The molecule has 8 heteroatoms. The number of aryl methyl sites for hydroxylation is 2. The minimum atomic E-state index is -4.43. The highest BCUT2D eigenvalue weighted by Gasteiger charge is 2.30. The molecule has 1 aromatic carbocycles. The lowest BCUT2D eigenvalue weighted by atomic mass is 10.1. The van der Waals surface area contributed by atoms with Crippen LogP contribution in [-0.2, 0) is 17.5 Å². The van der Waals surface area contributed by atoms with Crippen LogP contribution in [-0.4, -0.2) is 29.3 Å². The van der Waals surface area contributed by atoms with Crippen molar-refractivity contribution in [2.24, 2.45) is 0 Å². The number of rotatable bonds is 7. The van der Waals surface area contributed by atoms with Crippen LogP contribution < -0.4 is 5.32 Å². The number of nitrogens with zero attached hydrogens (tertiary/aromatic N) is 1. The maximum atomic E-state index is 12.8. The molecular weight excluding hydrogens is 385 g/mol. The quantitative estimate of drug-likeness (QED) is 0.733. The average molecular weight is 410 g/mol. The van der Waals surface area contributed by atoms with Gasteiger partial charge < -0.3 is 14.6 Å². The van der Waals surface area contributed by atoms with Crippen molar-refractivity contribution in [3.8, 4) is 0 Å². The van der Waals surface area contributed by atoms with Crippen LogP contribution >= 0.6 is 0 Å². The second-order valence-corrected chi connectivity index (χ2v) is 7.14. The molecule has 0 saturated heterocycles. The summed E-state index contributed by atoms with van der Waals surface area (Å²) in [5.41, 5.74) is 0.0571. The third-order valence-corrected chi connectivity index (χ3v) is 4.48. The van der Waals surface area contributed by atoms with Crippen LogP contribution in [0.3, 0.4) is 0 Å². The Hall–Kier alpha value is -2.77. The summed E-state index contributed by atoms with van der Waals surface area (Å²) in [6, 6.07) is 6.35. The van der Waals surface area contributed by atoms with Gasteiger partial charge in [-0.25, -0.2) is 0 Å². The number of alkyl halides is 3. The summed E-state index contributed by atoms with van der Waals surface area (Å²) in [5, 5.41) is 2.60. The Bertz CT molecular complexity index is 872. The van der Waals surface area contributed by atoms with Gasteiger partial charge in [0.1, 0.15) is 11.5 Å². The lowest BCUT2D eigenvalue weighted by molar-refractivity contribution is -0.137. The van der Waals surface area contributed by atoms with Gasteiger partial charge in [-0.2, -0.15) is 13.2 Å². The predicted molar refractivity (Wildman–Crippen MR) is 102 cm³/mol. The standard InChI is InChI=1S/C21H25F3N2O3/c1-13(2)26(20(28)18-10-14(3)29-15(18)4)9-8-19(27)25-12-16-6-5-7-17(11-16)21(22,23)24/h5-7,10-11,13H,8-9,12H2,1-4H3,(H,25,27). The van der Waals surface area contributed by atoms with Crippen molar-refractivity contribution in [3.05, 3.63) is 58.5 Å². The fourth-order valence-electron chi connectivity index (χ4n) is 2.96. The topological polar surface area (TPSA) is 62.6 Å². The molecule has 29 heavy (non-hydrogen) atoms. The van der Waals surface area contributed by atoms with Gasteiger partial charge in [0.25, 0.3) is 5.91 Å². The number of halogens is 3. The predicted octanol–water partition coefficient (Wildman–Crippen LogP) is 4.47. The van der Waals surface area contributed by atoms with Crippen LogP contribution in [0.15, 0.2) is 34.7 Å². The largest absolute Gasteiger partial charge is 0.466 e. The summed E-state index contributed by atoms with van der Waals surface area (Å²) < 4.78 is 43.7. The zero-order valence-electron chi connectivity index (χ0n) is 16.9. The van der Waals surface area contributed by atoms with Crippen LogP contribution in [0, 0.1) is 13.8 Å². The summed E-state index contributed by atoms with van der Waals surface area (Å²) in [6.45, 7) is 7.33. The van der Waals surface area contributed by atoms with E-state index in [0.717, 1.165) is 12.1 Å². The molecule has 5 nitrogen and oxygen atoms in total. The fraction of sp³-hybridized carbons (Fsp3) is 0.429. The van der Waals surface area contributed by atoms with E-state index in [9.17, 15) is 22.8 Å². The number of amides is 2. The summed E-state index contributed by atoms with van der Waals surface area (Å²) >= 11 is 0. The van der Waals surface area contributed by atoms with E-state index in [2.05, 4.69) is 5.32 Å². The number of furan rings is 1. The Labute approximate surface area is 167 Å². The maximum Gasteiger partial charge on any atom is 0.416 e. The molecule has 1 N–H and O–H groups in total. The highest BCUT2D eigenvalue weighted by atomic mass is 19.4. The van der Waals surface area contributed by atoms with Crippen molar-refractivity contribution >= 4 is 11.8 Å². The van der Waals surface area contributed by atoms with Crippen molar-refractivity contribution in [3.63, 3.8) is 0 Å². The molecule has 1 heterocycles. The Balaban J connectivity index is 1.94. The molecule has 1 aromatic heterocycles. The van der Waals surface area contributed by atoms with Gasteiger partial charge in [-0.3, -0.25) is 9.59 Å². The zero-order chi connectivity index (χ0) is 21.8. The van der Waals surface area contributed by atoms with Crippen LogP contribution in [0.1, 0.15) is 53.3 Å². The molecule has 0 fully saturated rings. The maximum absolute atomic E-state index is 12.8. The van der Waals surface area contributed by atoms with Crippen molar-refractivity contribution in [1.82, 2.24) is 10.2 Å². The second kappa shape index (κ2) is 9.15. The number of nitrogens with one attached hydrogen (secondary N) is 1. The summed E-state index contributed by atoms with van der Waals surface area (Å²) in [6.07, 6.45) is -4.39. The molecule has 0 aliphatic carbocycles. The number of hydrogen-bond donors (Lipinski definition) is 1. The molecule has 2 rings (SSSR count). The molecule has 0 atom stereocenters. The first kappa shape index (κ1) is 22.5. The fourth-order valence-corrected chi connectivity index (χ4v) is 2.96. The molecule has 2 aromatic rings. The van der Waals surface area contributed by atoms with E-state index in [0.29, 0.717) is 22.6 Å². The van der Waals surface area contributed by atoms with E-state index in [4.69, 9.17) is 4.42 Å². The number of hydrogen-bond acceptors (Lipinski definition) is 3. The highest BCUT2D eigenvalue weighted by Crippen LogP contribution is 2.29. The van der Waals surface area contributed by atoms with Crippen molar-refractivity contribution < 1.29 is 27.2 Å². The van der Waals surface area contributed by atoms with Gasteiger partial charge >= 0.3 is 6.18 Å². The van der Waals surface area contributed by atoms with Gasteiger partial charge in [-0.15, -0.1) is 0 Å². The summed E-state index contributed by atoms with van der Waals surface area (Å²) in [7, 11) is 0. The van der Waals surface area contributed by atoms with Gasteiger partial charge in [0.05, 0.1) is 11.1 Å². The molecule has 0 saturated carbocycles. The molecule has 2 amide bonds. The first-order chi connectivity index (χ1) is 13.5. The third-order valence-electron chi connectivity index (χ3n) is 4.48. The van der Waals surface area contributed by atoms with Gasteiger partial charge in [-0.1, -0.05) is 12.1 Å². The summed E-state index contributed by atoms with van der Waals surface area (Å²) in [4.78, 5) is 26.5. The highest BCUT2D eigenvalue weighted by molar-refractivity contribution is 5.95. The van der Waals surface area contributed by atoms with E-state index in [1.54, 1.807) is 24.8 Å². The first-order valence-corrected chi connectivity index (χ1v) is 9.30. The number of benzene rings is 1. The monoisotopic (exact) mass is 410 g/mol. The van der Waals surface area contributed by atoms with E-state index in [-0.39, 0.29) is 37.4 Å². The first-order valence-electron chi connectivity index (χ1n) is 9.30. The Morgan fingerprint density at radius 1 is 1.17 bits per heavy atom. The molecule has 0 spiro atoms. The van der Waals surface area contributed by atoms with Crippen molar-refractivity contribution in [1.29, 1.82) is 0 Å². The van der Waals surface area contributed by atoms with Crippen LogP contribution in [0.5, 0.6) is 0 Å². The minimum absolute atomic E-state index is 0.0155. The smallest absolute Gasteiger partial charge is 0.416 e. The molecular formula is C21H25F3N2O3. The van der Waals surface area contributed by atoms with Crippen LogP contribution in [0.2, 0.25) is 0 Å². The Kier molecular flexibility index (Phi) is 7.11. The average Bonchev–Trinajstić information content (AvgIpc) is 2.97. The van der Waals surface area contributed by atoms with E-state index in [1.807, 2.05) is 13.8 Å². The van der Waals surface area contributed by atoms with Gasteiger partial charge in [0.2, 0.25) is 5.91 Å². The number of carbonyl (C=O) groups excluding carboxylic acids is 2.